The molecular weight excluding hydrogens is 643 g/mol. The van der Waals surface area contributed by atoms with Crippen LogP contribution in [0.1, 0.15) is 82.7 Å². The van der Waals surface area contributed by atoms with E-state index in [4.69, 9.17) is 20.8 Å². The Bertz CT molecular complexity index is 1930. The number of pyridine rings is 1. The average molecular weight is 689 g/mol. The number of aryl methyl sites for hydroxylation is 1. The second kappa shape index (κ2) is 14.1. The highest BCUT2D eigenvalue weighted by molar-refractivity contribution is 6.59. The van der Waals surface area contributed by atoms with Crippen molar-refractivity contribution in [1.29, 1.82) is 0 Å². The Morgan fingerprint density at radius 2 is 1.82 bits per heavy atom. The summed E-state index contributed by atoms with van der Waals surface area (Å²) in [6.45, 7) is 17.3. The molecule has 1 saturated heterocycles. The highest BCUT2D eigenvalue weighted by Gasteiger charge is 2.29. The maximum atomic E-state index is 13.8. The number of ether oxygens (including phenoxy) is 1. The standard InChI is InChI=1S/C37H46BClN4O6/c1-21-17-26(33-27(18-21)32(44)22(2)34(48-33)43-15-13-37(7,8)14-16-43)23(3)41-29-11-12-30(39)42-31(29)24-9-10-28(38(46)47)25(19-24)20-40-35(45)49-36(4,5)6/h9-12,17-19,23,41,46-47H,13-16,20H2,1-8H3,(H,40,45)/t23-/m1/s1. The zero-order valence-corrected chi connectivity index (χ0v) is 30.3. The molecule has 1 fully saturated rings. The van der Waals surface area contributed by atoms with Gasteiger partial charge >= 0.3 is 13.2 Å². The van der Waals surface area contributed by atoms with Crippen LogP contribution in [0.2, 0.25) is 5.15 Å². The van der Waals surface area contributed by atoms with Crippen molar-refractivity contribution >= 4 is 52.8 Å². The van der Waals surface area contributed by atoms with Crippen LogP contribution in [0.5, 0.6) is 0 Å². The molecule has 0 radical (unpaired) electrons. The molecule has 0 unspecified atom stereocenters. The Balaban J connectivity index is 1.51. The zero-order valence-electron chi connectivity index (χ0n) is 29.5. The maximum Gasteiger partial charge on any atom is 0.488 e. The van der Waals surface area contributed by atoms with E-state index in [1.807, 2.05) is 39.0 Å². The average Bonchev–Trinajstić information content (AvgIpc) is 3.01. The number of anilines is 2. The lowest BCUT2D eigenvalue weighted by Gasteiger charge is -2.37. The molecule has 2 aromatic heterocycles. The lowest BCUT2D eigenvalue weighted by Crippen LogP contribution is -2.38. The molecule has 2 aromatic carbocycles. The van der Waals surface area contributed by atoms with Gasteiger partial charge in [-0.05, 0) is 101 Å². The van der Waals surface area contributed by atoms with Gasteiger partial charge in [-0.1, -0.05) is 43.6 Å². The Kier molecular flexibility index (Phi) is 10.4. The fraction of sp³-hybridized carbons (Fsp3) is 0.432. The largest absolute Gasteiger partial charge is 0.488 e. The van der Waals surface area contributed by atoms with E-state index in [9.17, 15) is 19.6 Å². The third-order valence-electron chi connectivity index (χ3n) is 8.99. The van der Waals surface area contributed by atoms with Crippen molar-refractivity contribution in [1.82, 2.24) is 10.3 Å². The first-order chi connectivity index (χ1) is 22.9. The molecular formula is C37H46BClN4O6. The molecule has 0 bridgehead atoms. The first-order valence-electron chi connectivity index (χ1n) is 16.6. The summed E-state index contributed by atoms with van der Waals surface area (Å²) in [5.41, 5.74) is 4.94. The summed E-state index contributed by atoms with van der Waals surface area (Å²) in [5.74, 6) is 0.623. The molecule has 1 atom stereocenters. The number of rotatable bonds is 8. The SMILES string of the molecule is Cc1cc([C@@H](C)Nc2ccc(Cl)nc2-c2ccc(B(O)O)c(CNC(=O)OC(C)(C)C)c2)c2oc(N3CCC(C)(C)CC3)c(C)c(=O)c2c1. The van der Waals surface area contributed by atoms with E-state index < -0.39 is 18.8 Å². The van der Waals surface area contributed by atoms with Crippen LogP contribution in [0.25, 0.3) is 22.2 Å². The number of nitrogens with zero attached hydrogens (tertiary/aromatic N) is 2. The zero-order chi connectivity index (χ0) is 35.8. The number of piperidine rings is 1. The Morgan fingerprint density at radius 3 is 2.47 bits per heavy atom. The first kappa shape index (κ1) is 36.2. The van der Waals surface area contributed by atoms with Crippen molar-refractivity contribution in [3.63, 3.8) is 0 Å². The van der Waals surface area contributed by atoms with Crippen LogP contribution in [0.4, 0.5) is 16.4 Å². The predicted octanol–water partition coefficient (Wildman–Crippen LogP) is 6.63. The number of hydrogen-bond acceptors (Lipinski definition) is 9. The molecule has 10 nitrogen and oxygen atoms in total. The highest BCUT2D eigenvalue weighted by atomic mass is 35.5. The van der Waals surface area contributed by atoms with Gasteiger partial charge in [0.2, 0.25) is 5.88 Å². The molecule has 4 aromatic rings. The van der Waals surface area contributed by atoms with Crippen molar-refractivity contribution in [2.24, 2.45) is 5.41 Å². The fourth-order valence-corrected chi connectivity index (χ4v) is 6.36. The fourth-order valence-electron chi connectivity index (χ4n) is 6.22. The number of carbonyl (C=O) groups excluding carboxylic acids is 1. The minimum Gasteiger partial charge on any atom is -0.444 e. The number of halogens is 1. The predicted molar refractivity (Wildman–Crippen MR) is 197 cm³/mol. The minimum atomic E-state index is -1.76. The van der Waals surface area contributed by atoms with Gasteiger partial charge in [-0.2, -0.15) is 0 Å². The summed E-state index contributed by atoms with van der Waals surface area (Å²) in [6.07, 6.45) is 1.39. The monoisotopic (exact) mass is 688 g/mol. The topological polar surface area (TPSA) is 137 Å². The number of hydrogen-bond donors (Lipinski definition) is 4. The number of fused-ring (bicyclic) bond motifs is 1. The van der Waals surface area contributed by atoms with Crippen LogP contribution < -0.4 is 26.4 Å². The van der Waals surface area contributed by atoms with Gasteiger partial charge in [0.15, 0.2) is 5.43 Å². The number of carbonyl (C=O) groups is 1. The summed E-state index contributed by atoms with van der Waals surface area (Å²) in [7, 11) is -1.76. The van der Waals surface area contributed by atoms with Gasteiger partial charge in [0, 0.05) is 30.8 Å². The van der Waals surface area contributed by atoms with Gasteiger partial charge in [-0.25, -0.2) is 9.78 Å². The van der Waals surface area contributed by atoms with Crippen LogP contribution in [0.3, 0.4) is 0 Å². The van der Waals surface area contributed by atoms with Gasteiger partial charge in [-0.15, -0.1) is 0 Å². The van der Waals surface area contributed by atoms with E-state index in [0.29, 0.717) is 44.9 Å². The lowest BCUT2D eigenvalue weighted by molar-refractivity contribution is 0.0523. The normalized spacial score (nSPS) is 15.2. The minimum absolute atomic E-state index is 0.0139. The molecule has 0 spiro atoms. The second-order valence-electron chi connectivity index (χ2n) is 14.8. The van der Waals surface area contributed by atoms with Crippen LogP contribution in [0, 0.1) is 19.3 Å². The molecule has 0 aliphatic carbocycles. The Hall–Kier alpha value is -4.06. The molecule has 0 saturated carbocycles. The van der Waals surface area contributed by atoms with Gasteiger partial charge in [-0.3, -0.25) is 4.79 Å². The van der Waals surface area contributed by atoms with E-state index in [1.54, 1.807) is 45.0 Å². The Labute approximate surface area is 293 Å². The number of benzene rings is 2. The van der Waals surface area contributed by atoms with E-state index >= 15 is 0 Å². The van der Waals surface area contributed by atoms with Crippen LogP contribution in [-0.4, -0.2) is 46.9 Å². The molecule has 12 heteroatoms. The quantitative estimate of drug-likeness (QED) is 0.119. The van der Waals surface area contributed by atoms with Crippen molar-refractivity contribution in [3.05, 3.63) is 80.1 Å². The molecule has 5 rings (SSSR count). The third-order valence-corrected chi connectivity index (χ3v) is 9.20. The molecule has 1 aliphatic rings. The number of nitrogens with one attached hydrogen (secondary N) is 2. The number of alkyl carbamates (subject to hydrolysis) is 1. The van der Waals surface area contributed by atoms with E-state index in [0.717, 1.165) is 37.1 Å². The van der Waals surface area contributed by atoms with Crippen molar-refractivity contribution < 1.29 is 24.0 Å². The van der Waals surface area contributed by atoms with Gasteiger partial charge < -0.3 is 34.7 Å². The van der Waals surface area contributed by atoms with Gasteiger partial charge in [0.25, 0.3) is 0 Å². The van der Waals surface area contributed by atoms with Gasteiger partial charge in [0.05, 0.1) is 28.4 Å². The summed E-state index contributed by atoms with van der Waals surface area (Å²) in [4.78, 5) is 33.0. The van der Waals surface area contributed by atoms with E-state index in [2.05, 4.69) is 34.4 Å². The van der Waals surface area contributed by atoms with Crippen molar-refractivity contribution in [2.75, 3.05) is 23.3 Å². The molecule has 49 heavy (non-hydrogen) atoms. The molecule has 4 N–H and O–H groups in total. The smallest absolute Gasteiger partial charge is 0.444 e. The summed E-state index contributed by atoms with van der Waals surface area (Å²) in [5, 5.41) is 27.2. The van der Waals surface area contributed by atoms with E-state index in [1.165, 1.54) is 0 Å². The summed E-state index contributed by atoms with van der Waals surface area (Å²) < 4.78 is 12.0. The molecule has 1 amide bonds. The molecule has 3 heterocycles. The Morgan fingerprint density at radius 1 is 1.12 bits per heavy atom. The molecule has 1 aliphatic heterocycles. The second-order valence-corrected chi connectivity index (χ2v) is 15.2. The maximum absolute atomic E-state index is 13.8. The van der Waals surface area contributed by atoms with Crippen LogP contribution >= 0.6 is 11.6 Å². The first-order valence-corrected chi connectivity index (χ1v) is 17.0. The third kappa shape index (κ3) is 8.40. The summed E-state index contributed by atoms with van der Waals surface area (Å²) in [6, 6.07) is 12.1. The van der Waals surface area contributed by atoms with Gasteiger partial charge in [0.1, 0.15) is 16.3 Å². The van der Waals surface area contributed by atoms with E-state index in [-0.39, 0.29) is 34.0 Å². The van der Waals surface area contributed by atoms with Crippen molar-refractivity contribution in [3.8, 4) is 11.3 Å². The molecule has 260 valence electrons. The van der Waals surface area contributed by atoms with Crippen LogP contribution in [0.15, 0.2) is 51.7 Å². The number of amides is 1. The highest BCUT2D eigenvalue weighted by Crippen LogP contribution is 2.37. The summed E-state index contributed by atoms with van der Waals surface area (Å²) >= 11 is 6.40. The number of aromatic nitrogens is 1. The van der Waals surface area contributed by atoms with Crippen molar-refractivity contribution in [2.45, 2.75) is 86.4 Å². The lowest BCUT2D eigenvalue weighted by atomic mass is 9.76. The van der Waals surface area contributed by atoms with Crippen LogP contribution in [-0.2, 0) is 11.3 Å².